The summed E-state index contributed by atoms with van der Waals surface area (Å²) in [5.41, 5.74) is 2.05. The molecule has 2 aromatic rings. The number of hydrogen-bond donors (Lipinski definition) is 1. The maximum Gasteiger partial charge on any atom is 0.241 e. The normalized spacial score (nSPS) is 12.1. The van der Waals surface area contributed by atoms with Gasteiger partial charge in [0.2, 0.25) is 15.9 Å². The Morgan fingerprint density at radius 1 is 1.04 bits per heavy atom. The molecule has 0 unspecified atom stereocenters. The number of para-hydroxylation sites is 1. The Hall–Kier alpha value is -2.34. The molecule has 0 saturated heterocycles. The molecule has 5 nitrogen and oxygen atoms in total. The molecule has 152 valence electrons. The summed E-state index contributed by atoms with van der Waals surface area (Å²) in [6.07, 6.45) is 1.79. The first-order chi connectivity index (χ1) is 13.0. The summed E-state index contributed by atoms with van der Waals surface area (Å²) in [6, 6.07) is 17.2. The van der Waals surface area contributed by atoms with E-state index in [1.807, 2.05) is 70.2 Å². The van der Waals surface area contributed by atoms with E-state index in [0.29, 0.717) is 12.1 Å². The van der Waals surface area contributed by atoms with E-state index in [1.54, 1.807) is 12.1 Å². The molecule has 0 radical (unpaired) electrons. The Morgan fingerprint density at radius 2 is 1.61 bits per heavy atom. The summed E-state index contributed by atoms with van der Waals surface area (Å²) < 4.78 is 26.1. The average molecular weight is 403 g/mol. The zero-order valence-electron chi connectivity index (χ0n) is 17.3. The predicted molar refractivity (Wildman–Crippen MR) is 115 cm³/mol. The highest BCUT2D eigenvalue weighted by molar-refractivity contribution is 7.92. The van der Waals surface area contributed by atoms with Crippen LogP contribution >= 0.6 is 0 Å². The van der Waals surface area contributed by atoms with Crippen molar-refractivity contribution >= 4 is 21.6 Å². The highest BCUT2D eigenvalue weighted by Crippen LogP contribution is 2.28. The number of anilines is 1. The van der Waals surface area contributed by atoms with Crippen LogP contribution in [-0.4, -0.2) is 32.7 Å². The van der Waals surface area contributed by atoms with Crippen LogP contribution < -0.4 is 9.62 Å². The molecule has 0 saturated carbocycles. The fraction of sp³-hybridized carbons (Fsp3) is 0.409. The molecule has 0 aliphatic rings. The second-order valence-corrected chi connectivity index (χ2v) is 9.98. The van der Waals surface area contributed by atoms with Crippen molar-refractivity contribution in [1.29, 1.82) is 0 Å². The largest absolute Gasteiger partial charge is 0.349 e. The van der Waals surface area contributed by atoms with Gasteiger partial charge in [0, 0.05) is 5.54 Å². The number of sulfonamides is 1. The van der Waals surface area contributed by atoms with E-state index in [-0.39, 0.29) is 18.4 Å². The van der Waals surface area contributed by atoms with E-state index in [4.69, 9.17) is 0 Å². The lowest BCUT2D eigenvalue weighted by Crippen LogP contribution is -2.50. The zero-order chi connectivity index (χ0) is 20.9. The number of nitrogens with one attached hydrogen (secondary N) is 1. The first-order valence-corrected chi connectivity index (χ1v) is 11.3. The van der Waals surface area contributed by atoms with Crippen molar-refractivity contribution in [2.45, 2.75) is 45.6 Å². The third-order valence-corrected chi connectivity index (χ3v) is 5.61. The minimum atomic E-state index is -3.61. The van der Waals surface area contributed by atoms with Crippen LogP contribution in [0.1, 0.15) is 44.7 Å². The van der Waals surface area contributed by atoms with Gasteiger partial charge < -0.3 is 5.32 Å². The molecule has 0 fully saturated rings. The van der Waals surface area contributed by atoms with Gasteiger partial charge >= 0.3 is 0 Å². The molecule has 0 aliphatic heterocycles. The Labute approximate surface area is 168 Å². The number of nitrogens with zero attached hydrogens (tertiary/aromatic N) is 1. The highest BCUT2D eigenvalue weighted by atomic mass is 32.2. The minimum Gasteiger partial charge on any atom is -0.349 e. The van der Waals surface area contributed by atoms with Gasteiger partial charge in [-0.3, -0.25) is 9.10 Å². The number of hydrogen-bond acceptors (Lipinski definition) is 3. The molecule has 0 aliphatic carbocycles. The Bertz CT molecular complexity index is 906. The molecule has 0 spiro atoms. The van der Waals surface area contributed by atoms with Gasteiger partial charge in [0.25, 0.3) is 0 Å². The van der Waals surface area contributed by atoms with E-state index in [9.17, 15) is 13.2 Å². The van der Waals surface area contributed by atoms with Gasteiger partial charge in [0.1, 0.15) is 6.54 Å². The number of benzene rings is 2. The standard InChI is InChI=1S/C22H30N2O3S/c1-17(2)19-13-9-10-14-20(19)24(28(5,26)27)16-21(25)23-22(3,4)15-18-11-7-6-8-12-18/h6-14,17H,15-16H2,1-5H3,(H,23,25). The third kappa shape index (κ3) is 6.09. The van der Waals surface area contributed by atoms with Gasteiger partial charge in [-0.15, -0.1) is 0 Å². The summed E-state index contributed by atoms with van der Waals surface area (Å²) in [5, 5.41) is 2.98. The van der Waals surface area contributed by atoms with Crippen LogP contribution in [0.25, 0.3) is 0 Å². The molecule has 0 aromatic heterocycles. The molecule has 0 bridgehead atoms. The van der Waals surface area contributed by atoms with Crippen molar-refractivity contribution in [2.75, 3.05) is 17.1 Å². The van der Waals surface area contributed by atoms with Crippen molar-refractivity contribution in [2.24, 2.45) is 0 Å². The van der Waals surface area contributed by atoms with Crippen LogP contribution in [0, 0.1) is 0 Å². The number of amides is 1. The lowest BCUT2D eigenvalue weighted by Gasteiger charge is -2.30. The van der Waals surface area contributed by atoms with Crippen LogP contribution in [0.2, 0.25) is 0 Å². The van der Waals surface area contributed by atoms with Gasteiger partial charge in [-0.05, 0) is 43.4 Å². The van der Waals surface area contributed by atoms with Gasteiger partial charge in [0.15, 0.2) is 0 Å². The maximum absolute atomic E-state index is 12.7. The fourth-order valence-electron chi connectivity index (χ4n) is 3.28. The molecular formula is C22H30N2O3S. The third-order valence-electron chi connectivity index (χ3n) is 4.48. The van der Waals surface area contributed by atoms with Gasteiger partial charge in [-0.1, -0.05) is 62.4 Å². The number of carbonyl (C=O) groups is 1. The lowest BCUT2D eigenvalue weighted by atomic mass is 9.95. The molecular weight excluding hydrogens is 372 g/mol. The summed E-state index contributed by atoms with van der Waals surface area (Å²) in [5.74, 6) is -0.192. The summed E-state index contributed by atoms with van der Waals surface area (Å²) >= 11 is 0. The fourth-order valence-corrected chi connectivity index (χ4v) is 4.16. The maximum atomic E-state index is 12.7. The van der Waals surface area contributed by atoms with E-state index >= 15 is 0 Å². The molecule has 2 aromatic carbocycles. The van der Waals surface area contributed by atoms with Crippen LogP contribution in [0.4, 0.5) is 5.69 Å². The highest BCUT2D eigenvalue weighted by Gasteiger charge is 2.27. The Balaban J connectivity index is 2.21. The van der Waals surface area contributed by atoms with Crippen LogP contribution in [0.3, 0.4) is 0 Å². The summed E-state index contributed by atoms with van der Waals surface area (Å²) in [4.78, 5) is 12.7. The molecule has 1 amide bonds. The van der Waals surface area contributed by atoms with E-state index < -0.39 is 15.6 Å². The first-order valence-electron chi connectivity index (χ1n) is 9.41. The lowest BCUT2D eigenvalue weighted by molar-refractivity contribution is -0.121. The molecule has 0 atom stereocenters. The van der Waals surface area contributed by atoms with Crippen LogP contribution in [0.5, 0.6) is 0 Å². The minimum absolute atomic E-state index is 0.137. The quantitative estimate of drug-likeness (QED) is 0.732. The second kappa shape index (κ2) is 8.78. The van der Waals surface area contributed by atoms with Crippen LogP contribution in [-0.2, 0) is 21.2 Å². The van der Waals surface area contributed by atoms with Gasteiger partial charge in [-0.25, -0.2) is 8.42 Å². The van der Waals surface area contributed by atoms with E-state index in [1.165, 1.54) is 4.31 Å². The van der Waals surface area contributed by atoms with Crippen LogP contribution in [0.15, 0.2) is 54.6 Å². The summed E-state index contributed by atoms with van der Waals surface area (Å²) in [7, 11) is -3.61. The second-order valence-electron chi connectivity index (χ2n) is 8.08. The molecule has 0 heterocycles. The van der Waals surface area contributed by atoms with Crippen molar-refractivity contribution in [3.05, 3.63) is 65.7 Å². The van der Waals surface area contributed by atoms with Crippen molar-refractivity contribution in [1.82, 2.24) is 5.32 Å². The predicted octanol–water partition coefficient (Wildman–Crippen LogP) is 3.71. The zero-order valence-corrected chi connectivity index (χ0v) is 18.1. The van der Waals surface area contributed by atoms with Crippen molar-refractivity contribution < 1.29 is 13.2 Å². The van der Waals surface area contributed by atoms with Gasteiger partial charge in [0.05, 0.1) is 11.9 Å². The van der Waals surface area contributed by atoms with Gasteiger partial charge in [-0.2, -0.15) is 0 Å². The topological polar surface area (TPSA) is 66.5 Å². The summed E-state index contributed by atoms with van der Waals surface area (Å²) in [6.45, 7) is 7.63. The van der Waals surface area contributed by atoms with Crippen molar-refractivity contribution in [3.63, 3.8) is 0 Å². The number of carbonyl (C=O) groups excluding carboxylic acids is 1. The Morgan fingerprint density at radius 3 is 2.18 bits per heavy atom. The Kier molecular flexibility index (Phi) is 6.88. The van der Waals surface area contributed by atoms with Crippen molar-refractivity contribution in [3.8, 4) is 0 Å². The van der Waals surface area contributed by atoms with E-state index in [2.05, 4.69) is 5.32 Å². The average Bonchev–Trinajstić information content (AvgIpc) is 2.58. The molecule has 28 heavy (non-hydrogen) atoms. The SMILES string of the molecule is CC(C)c1ccccc1N(CC(=O)NC(C)(C)Cc1ccccc1)S(C)(=O)=O. The smallest absolute Gasteiger partial charge is 0.241 e. The van der Waals surface area contributed by atoms with E-state index in [0.717, 1.165) is 17.4 Å². The number of rotatable bonds is 8. The molecule has 6 heteroatoms. The monoisotopic (exact) mass is 402 g/mol. The molecule has 2 rings (SSSR count). The molecule has 1 N–H and O–H groups in total. The first kappa shape index (κ1) is 22.0.